The van der Waals surface area contributed by atoms with E-state index < -0.39 is 0 Å². The number of hydrogen-bond acceptors (Lipinski definition) is 6. The number of carbonyl (C=O) groups excluding carboxylic acids is 1. The van der Waals surface area contributed by atoms with Crippen molar-refractivity contribution < 1.29 is 43.8 Å². The van der Waals surface area contributed by atoms with Gasteiger partial charge in [0.15, 0.2) is 6.29 Å². The Hall–Kier alpha value is -0.900. The fourth-order valence-corrected chi connectivity index (χ4v) is 3.51. The third kappa shape index (κ3) is 6.37. The van der Waals surface area contributed by atoms with Crippen LogP contribution in [0.1, 0.15) is 18.4 Å². The molecule has 1 saturated heterocycles. The maximum Gasteiger partial charge on any atom is 1.00 e. The number of amides is 1. The third-order valence-electron chi connectivity index (χ3n) is 3.49. The average Bonchev–Trinajstić information content (AvgIpc) is 2.88. The number of hydrogen-bond donors (Lipinski definition) is 0. The van der Waals surface area contributed by atoms with E-state index in [1.165, 1.54) is 11.8 Å². The van der Waals surface area contributed by atoms with E-state index in [1.807, 2.05) is 0 Å². The number of benzene rings is 1. The van der Waals surface area contributed by atoms with Crippen LogP contribution in [0.2, 0.25) is 0 Å². The summed E-state index contributed by atoms with van der Waals surface area (Å²) in [5, 5.41) is 3.49. The second kappa shape index (κ2) is 11.7. The van der Waals surface area contributed by atoms with Gasteiger partial charge in [0.2, 0.25) is 0 Å². The summed E-state index contributed by atoms with van der Waals surface area (Å²) < 4.78 is 10.8. The number of rotatable bonds is 8. The smallest absolute Gasteiger partial charge is 0.356 e. The van der Waals surface area contributed by atoms with Crippen LogP contribution in [0.3, 0.4) is 0 Å². The second-order valence-corrected chi connectivity index (χ2v) is 6.74. The van der Waals surface area contributed by atoms with Crippen LogP contribution >= 0.6 is 24.0 Å². The molecule has 0 bridgehead atoms. The number of carbonyl (C=O) groups is 1. The van der Waals surface area contributed by atoms with E-state index in [2.05, 4.69) is 16.1 Å². The zero-order chi connectivity index (χ0) is 18.2. The van der Waals surface area contributed by atoms with E-state index in [4.69, 9.17) is 27.2 Å². The Morgan fingerprint density at radius 2 is 2.19 bits per heavy atom. The van der Waals surface area contributed by atoms with Gasteiger partial charge in [-0.05, 0) is 22.6 Å². The molecule has 1 aliphatic rings. The summed E-state index contributed by atoms with van der Waals surface area (Å²) in [6.45, 7) is 0.519. The first-order valence-electron chi connectivity index (χ1n) is 7.47. The van der Waals surface area contributed by atoms with Crippen molar-refractivity contribution in [1.29, 1.82) is 0 Å². The van der Waals surface area contributed by atoms with Gasteiger partial charge in [-0.25, -0.2) is 0 Å². The number of methoxy groups -OCH3 is 2. The predicted molar refractivity (Wildman–Crippen MR) is 101 cm³/mol. The molecule has 7 nitrogen and oxygen atoms in total. The Bertz CT molecular complexity index is 717. The van der Waals surface area contributed by atoms with E-state index >= 15 is 0 Å². The standard InChI is InChI=1S/C16H17N4O3S2.Na/c1-22-14(23-2)4-3-9-20-15(21)13(25-16(20)24)10-11-5-7-12(8-6-11)18-19-17;/h5,7-8,10,14H,3-4,9H2,1-2H3;/q-1;+1. The van der Waals surface area contributed by atoms with E-state index in [9.17, 15) is 4.79 Å². The molecule has 0 aromatic heterocycles. The van der Waals surface area contributed by atoms with E-state index in [1.54, 1.807) is 43.4 Å². The van der Waals surface area contributed by atoms with Gasteiger partial charge in [0.25, 0.3) is 5.91 Å². The Morgan fingerprint density at radius 1 is 1.46 bits per heavy atom. The molecule has 0 atom stereocenters. The monoisotopic (exact) mass is 400 g/mol. The van der Waals surface area contributed by atoms with Crippen LogP contribution < -0.4 is 29.6 Å². The third-order valence-corrected chi connectivity index (χ3v) is 4.87. The molecule has 1 heterocycles. The minimum absolute atomic E-state index is 0. The van der Waals surface area contributed by atoms with Crippen molar-refractivity contribution in [3.8, 4) is 0 Å². The van der Waals surface area contributed by atoms with Crippen molar-refractivity contribution in [3.05, 3.63) is 45.2 Å². The topological polar surface area (TPSA) is 87.5 Å². The van der Waals surface area contributed by atoms with Gasteiger partial charge in [0, 0.05) is 32.1 Å². The molecule has 1 amide bonds. The maximum absolute atomic E-state index is 12.5. The van der Waals surface area contributed by atoms with Crippen molar-refractivity contribution in [2.24, 2.45) is 5.11 Å². The molecular formula is C16H17N4NaO3S2. The largest absolute Gasteiger partial charge is 1.00 e. The number of azide groups is 1. The molecule has 1 aliphatic heterocycles. The van der Waals surface area contributed by atoms with Crippen LogP contribution in [0.4, 0.5) is 5.69 Å². The van der Waals surface area contributed by atoms with Gasteiger partial charge in [-0.15, -0.1) is 41.0 Å². The summed E-state index contributed by atoms with van der Waals surface area (Å²) in [7, 11) is 3.17. The van der Waals surface area contributed by atoms with Crippen molar-refractivity contribution in [3.63, 3.8) is 0 Å². The molecule has 1 aromatic rings. The van der Waals surface area contributed by atoms with Gasteiger partial charge < -0.3 is 9.47 Å². The normalized spacial score (nSPS) is 15.3. The summed E-state index contributed by atoms with van der Waals surface area (Å²) in [5.74, 6) is -0.117. The summed E-state index contributed by atoms with van der Waals surface area (Å²) in [6, 6.07) is 7.94. The second-order valence-electron chi connectivity index (χ2n) is 5.07. The molecular weight excluding hydrogens is 383 g/mol. The van der Waals surface area contributed by atoms with Crippen LogP contribution in [0.15, 0.2) is 28.2 Å². The number of ether oxygens (including phenoxy) is 2. The van der Waals surface area contributed by atoms with Gasteiger partial charge in [-0.2, -0.15) is 0 Å². The number of thiocarbonyl (C=S) groups is 1. The first-order chi connectivity index (χ1) is 12.1. The molecule has 132 valence electrons. The van der Waals surface area contributed by atoms with Crippen LogP contribution in [-0.2, 0) is 14.3 Å². The van der Waals surface area contributed by atoms with Crippen LogP contribution in [0, 0.1) is 6.07 Å². The fraction of sp³-hybridized carbons (Fsp3) is 0.375. The molecule has 0 unspecified atom stereocenters. The maximum atomic E-state index is 12.5. The first-order valence-corrected chi connectivity index (χ1v) is 8.69. The molecule has 0 N–H and O–H groups in total. The summed E-state index contributed by atoms with van der Waals surface area (Å²) in [6.07, 6.45) is 2.85. The van der Waals surface area contributed by atoms with Crippen LogP contribution in [-0.4, -0.2) is 42.2 Å². The van der Waals surface area contributed by atoms with E-state index in [-0.39, 0.29) is 41.8 Å². The Labute approximate surface area is 184 Å². The first kappa shape index (κ1) is 23.1. The van der Waals surface area contributed by atoms with Crippen molar-refractivity contribution >= 4 is 46.0 Å². The Morgan fingerprint density at radius 3 is 2.77 bits per heavy atom. The average molecular weight is 400 g/mol. The van der Waals surface area contributed by atoms with Crippen molar-refractivity contribution in [2.45, 2.75) is 19.1 Å². The van der Waals surface area contributed by atoms with E-state index in [0.717, 1.165) is 12.0 Å². The van der Waals surface area contributed by atoms with Crippen molar-refractivity contribution in [1.82, 2.24) is 4.90 Å². The van der Waals surface area contributed by atoms with Gasteiger partial charge in [-0.1, -0.05) is 24.0 Å². The molecule has 10 heteroatoms. The minimum Gasteiger partial charge on any atom is -0.356 e. The van der Waals surface area contributed by atoms with E-state index in [0.29, 0.717) is 27.9 Å². The molecule has 1 fully saturated rings. The fourth-order valence-electron chi connectivity index (χ4n) is 2.21. The number of nitrogens with zero attached hydrogens (tertiary/aromatic N) is 4. The molecule has 1 aromatic carbocycles. The zero-order valence-corrected chi connectivity index (χ0v) is 18.5. The molecule has 0 radical (unpaired) electrons. The van der Waals surface area contributed by atoms with Gasteiger partial charge in [-0.3, -0.25) is 9.69 Å². The molecule has 0 spiro atoms. The molecule has 0 saturated carbocycles. The quantitative estimate of drug-likeness (QED) is 0.0951. The Kier molecular flexibility index (Phi) is 10.4. The molecule has 26 heavy (non-hydrogen) atoms. The van der Waals surface area contributed by atoms with Crippen LogP contribution in [0.5, 0.6) is 0 Å². The SMILES string of the molecule is COC(CCCN1C(=O)C(=Cc2[c-]cc(N=[N+]=[N-])cc2)SC1=S)OC.[Na+]. The Balaban J connectivity index is 0.00000338. The number of thioether (sulfide) groups is 1. The molecule has 2 rings (SSSR count). The van der Waals surface area contributed by atoms with Gasteiger partial charge in [0.05, 0.1) is 0 Å². The summed E-state index contributed by atoms with van der Waals surface area (Å²) in [4.78, 5) is 17.4. The van der Waals surface area contributed by atoms with Crippen LogP contribution in [0.25, 0.3) is 16.5 Å². The summed E-state index contributed by atoms with van der Waals surface area (Å²) in [5.41, 5.74) is 9.59. The minimum atomic E-state index is -0.280. The predicted octanol–water partition coefficient (Wildman–Crippen LogP) is 1.03. The zero-order valence-electron chi connectivity index (χ0n) is 14.8. The van der Waals surface area contributed by atoms with Gasteiger partial charge in [0.1, 0.15) is 4.32 Å². The molecule has 0 aliphatic carbocycles. The van der Waals surface area contributed by atoms with Crippen molar-refractivity contribution in [2.75, 3.05) is 20.8 Å². The van der Waals surface area contributed by atoms with Gasteiger partial charge >= 0.3 is 29.6 Å². The summed E-state index contributed by atoms with van der Waals surface area (Å²) >= 11 is 6.57.